The van der Waals surface area contributed by atoms with Gasteiger partial charge in [0.1, 0.15) is 5.82 Å². The molecule has 1 heterocycles. The number of halogens is 1. The zero-order valence-electron chi connectivity index (χ0n) is 13.2. The van der Waals surface area contributed by atoms with Gasteiger partial charge in [-0.25, -0.2) is 9.18 Å². The summed E-state index contributed by atoms with van der Waals surface area (Å²) in [5.41, 5.74) is 0.529. The molecule has 23 heavy (non-hydrogen) atoms. The van der Waals surface area contributed by atoms with E-state index in [4.69, 9.17) is 5.26 Å². The van der Waals surface area contributed by atoms with Gasteiger partial charge in [-0.1, -0.05) is 0 Å². The van der Waals surface area contributed by atoms with Crippen LogP contribution in [0.25, 0.3) is 0 Å². The zero-order chi connectivity index (χ0) is 17.1. The van der Waals surface area contributed by atoms with E-state index in [2.05, 4.69) is 0 Å². The van der Waals surface area contributed by atoms with Crippen LogP contribution in [-0.2, 0) is 27.2 Å². The Morgan fingerprint density at radius 2 is 1.87 bits per heavy atom. The Bertz CT molecular complexity index is 892. The maximum Gasteiger partial charge on any atom is 0.330 e. The number of benzene rings is 1. The maximum atomic E-state index is 13.8. The molecule has 0 radical (unpaired) electrons. The van der Waals surface area contributed by atoms with Gasteiger partial charge >= 0.3 is 5.69 Å². The maximum absolute atomic E-state index is 13.8. The number of nitriles is 1. The van der Waals surface area contributed by atoms with E-state index in [9.17, 15) is 14.0 Å². The molecular weight excluding hydrogens is 299 g/mol. The number of rotatable bonds is 4. The highest BCUT2D eigenvalue weighted by Crippen LogP contribution is 2.13. The van der Waals surface area contributed by atoms with Crippen LogP contribution in [0.2, 0.25) is 0 Å². The van der Waals surface area contributed by atoms with Gasteiger partial charge in [-0.3, -0.25) is 18.8 Å². The van der Waals surface area contributed by atoms with Crippen LogP contribution in [0.15, 0.2) is 33.9 Å². The van der Waals surface area contributed by atoms with Crippen LogP contribution in [0.4, 0.5) is 4.39 Å². The van der Waals surface area contributed by atoms with E-state index < -0.39 is 11.5 Å². The van der Waals surface area contributed by atoms with Crippen molar-refractivity contribution in [2.24, 2.45) is 14.1 Å². The Morgan fingerprint density at radius 3 is 2.52 bits per heavy atom. The lowest BCUT2D eigenvalue weighted by molar-refractivity contribution is 0.303. The Balaban J connectivity index is 2.24. The van der Waals surface area contributed by atoms with E-state index in [0.717, 1.165) is 4.57 Å². The molecule has 0 fully saturated rings. The summed E-state index contributed by atoms with van der Waals surface area (Å²) in [7, 11) is 4.75. The predicted octanol–water partition coefficient (Wildman–Crippen LogP) is 0.727. The minimum atomic E-state index is -0.404. The molecule has 6 nitrogen and oxygen atoms in total. The average molecular weight is 316 g/mol. The molecule has 0 unspecified atom stereocenters. The zero-order valence-corrected chi connectivity index (χ0v) is 13.2. The molecule has 1 aromatic carbocycles. The smallest absolute Gasteiger partial charge is 0.299 e. The van der Waals surface area contributed by atoms with Crippen molar-refractivity contribution in [2.45, 2.75) is 13.1 Å². The fraction of sp³-hybridized carbons (Fsp3) is 0.312. The molecule has 0 bridgehead atoms. The van der Waals surface area contributed by atoms with Gasteiger partial charge < -0.3 is 0 Å². The lowest BCUT2D eigenvalue weighted by Gasteiger charge is -2.19. The summed E-state index contributed by atoms with van der Waals surface area (Å²) < 4.78 is 16.2. The molecule has 2 rings (SSSR count). The molecule has 120 valence electrons. The number of aromatic nitrogens is 2. The molecule has 2 aromatic rings. The van der Waals surface area contributed by atoms with E-state index in [1.807, 2.05) is 6.07 Å². The fourth-order valence-corrected chi connectivity index (χ4v) is 2.32. The van der Waals surface area contributed by atoms with Crippen LogP contribution in [0.1, 0.15) is 16.8 Å². The van der Waals surface area contributed by atoms with Gasteiger partial charge in [0.25, 0.3) is 5.56 Å². The van der Waals surface area contributed by atoms with Crippen molar-refractivity contribution in [2.75, 3.05) is 7.05 Å². The Labute approximate surface area is 132 Å². The third kappa shape index (κ3) is 3.55. The highest BCUT2D eigenvalue weighted by molar-refractivity contribution is 5.33. The first-order chi connectivity index (χ1) is 10.8. The second-order valence-corrected chi connectivity index (χ2v) is 5.46. The van der Waals surface area contributed by atoms with Crippen molar-refractivity contribution < 1.29 is 4.39 Å². The highest BCUT2D eigenvalue weighted by atomic mass is 19.1. The molecule has 0 saturated heterocycles. The molecule has 0 aliphatic heterocycles. The van der Waals surface area contributed by atoms with Gasteiger partial charge in [-0.05, 0) is 25.2 Å². The van der Waals surface area contributed by atoms with Crippen molar-refractivity contribution in [3.05, 3.63) is 67.7 Å². The van der Waals surface area contributed by atoms with Gasteiger partial charge in [0.05, 0.1) is 11.6 Å². The quantitative estimate of drug-likeness (QED) is 0.833. The summed E-state index contributed by atoms with van der Waals surface area (Å²) >= 11 is 0. The minimum absolute atomic E-state index is 0.255. The molecule has 0 spiro atoms. The topological polar surface area (TPSA) is 71.0 Å². The van der Waals surface area contributed by atoms with Crippen molar-refractivity contribution in [1.82, 2.24) is 14.0 Å². The summed E-state index contributed by atoms with van der Waals surface area (Å²) in [6.45, 7) is 0.558. The molecule has 0 aliphatic carbocycles. The van der Waals surface area contributed by atoms with Gasteiger partial charge in [-0.2, -0.15) is 5.26 Å². The van der Waals surface area contributed by atoms with E-state index in [0.29, 0.717) is 23.4 Å². The Hall–Kier alpha value is -2.72. The minimum Gasteiger partial charge on any atom is -0.299 e. The summed E-state index contributed by atoms with van der Waals surface area (Å²) in [5.74, 6) is -0.395. The first-order valence-electron chi connectivity index (χ1n) is 6.96. The first kappa shape index (κ1) is 16.6. The molecule has 0 amide bonds. The second kappa shape index (κ2) is 6.58. The third-order valence-corrected chi connectivity index (χ3v) is 3.67. The summed E-state index contributed by atoms with van der Waals surface area (Å²) in [6, 6.07) is 7.54. The number of nitrogens with zero attached hydrogens (tertiary/aromatic N) is 4. The van der Waals surface area contributed by atoms with Crippen LogP contribution in [0.3, 0.4) is 0 Å². The molecule has 7 heteroatoms. The molecular formula is C16H17FN4O2. The lowest BCUT2D eigenvalue weighted by atomic mass is 10.1. The SMILES string of the molecule is CN(Cc1cc(C#N)ccc1F)Cc1cc(=O)n(C)c(=O)n1C. The summed E-state index contributed by atoms with van der Waals surface area (Å²) in [6.07, 6.45) is 0. The highest BCUT2D eigenvalue weighted by Gasteiger charge is 2.11. The van der Waals surface area contributed by atoms with Crippen LogP contribution in [0, 0.1) is 17.1 Å². The van der Waals surface area contributed by atoms with Gasteiger partial charge in [0, 0.05) is 44.5 Å². The number of hydrogen-bond donors (Lipinski definition) is 0. The van der Waals surface area contributed by atoms with E-state index in [-0.39, 0.29) is 12.1 Å². The van der Waals surface area contributed by atoms with Crippen molar-refractivity contribution in [3.63, 3.8) is 0 Å². The normalized spacial score (nSPS) is 10.8. The summed E-state index contributed by atoms with van der Waals surface area (Å²) in [4.78, 5) is 25.4. The molecule has 1 aromatic heterocycles. The van der Waals surface area contributed by atoms with Crippen molar-refractivity contribution in [3.8, 4) is 6.07 Å². The monoisotopic (exact) mass is 316 g/mol. The van der Waals surface area contributed by atoms with Gasteiger partial charge in [0.15, 0.2) is 0 Å². The average Bonchev–Trinajstić information content (AvgIpc) is 2.52. The van der Waals surface area contributed by atoms with Crippen LogP contribution >= 0.6 is 0 Å². The van der Waals surface area contributed by atoms with E-state index in [1.165, 1.54) is 35.9 Å². The number of hydrogen-bond acceptors (Lipinski definition) is 4. The van der Waals surface area contributed by atoms with E-state index >= 15 is 0 Å². The van der Waals surface area contributed by atoms with Crippen LogP contribution in [0.5, 0.6) is 0 Å². The largest absolute Gasteiger partial charge is 0.330 e. The summed E-state index contributed by atoms with van der Waals surface area (Å²) in [5, 5.41) is 8.88. The second-order valence-electron chi connectivity index (χ2n) is 5.46. The van der Waals surface area contributed by atoms with Crippen molar-refractivity contribution in [1.29, 1.82) is 5.26 Å². The molecule has 0 aliphatic rings. The van der Waals surface area contributed by atoms with Gasteiger partial charge in [-0.15, -0.1) is 0 Å². The van der Waals surface area contributed by atoms with Crippen LogP contribution < -0.4 is 11.2 Å². The standard InChI is InChI=1S/C16H17FN4O2/c1-19(9-12-6-11(8-18)4-5-14(12)17)10-13-7-15(22)21(3)16(23)20(13)2/h4-7H,9-10H2,1-3H3. The predicted molar refractivity (Wildman–Crippen MR) is 83.2 cm³/mol. The Kier molecular flexibility index (Phi) is 4.77. The molecule has 0 atom stereocenters. The van der Waals surface area contributed by atoms with E-state index in [1.54, 1.807) is 19.0 Å². The fourth-order valence-electron chi connectivity index (χ4n) is 2.32. The first-order valence-corrected chi connectivity index (χ1v) is 6.96. The third-order valence-electron chi connectivity index (χ3n) is 3.67. The van der Waals surface area contributed by atoms with Gasteiger partial charge in [0.2, 0.25) is 0 Å². The van der Waals surface area contributed by atoms with Crippen molar-refractivity contribution >= 4 is 0 Å². The molecule has 0 N–H and O–H groups in total. The molecule has 0 saturated carbocycles. The van der Waals surface area contributed by atoms with Crippen LogP contribution in [-0.4, -0.2) is 21.1 Å². The Morgan fingerprint density at radius 1 is 1.17 bits per heavy atom. The lowest BCUT2D eigenvalue weighted by Crippen LogP contribution is -2.39.